The summed E-state index contributed by atoms with van der Waals surface area (Å²) in [5, 5.41) is 10.2. The molecule has 7 nitrogen and oxygen atoms in total. The number of nitrogens with zero attached hydrogens (tertiary/aromatic N) is 1. The fourth-order valence-corrected chi connectivity index (χ4v) is 2.76. The number of β-amino-alcohol motifs (C(OH)–C–C–N with tert-alkyl or cyclic N) is 1. The second kappa shape index (κ2) is 8.01. The first-order valence-electron chi connectivity index (χ1n) is 8.54. The zero-order valence-electron chi connectivity index (χ0n) is 14.8. The largest absolute Gasteiger partial charge is 0.491 e. The summed E-state index contributed by atoms with van der Waals surface area (Å²) in [5.74, 6) is -0.818. The molecule has 3 rings (SSSR count). The molecule has 1 aliphatic heterocycles. The van der Waals surface area contributed by atoms with Gasteiger partial charge in [0.05, 0.1) is 29.8 Å². The minimum atomic E-state index is -1.04. The Kier molecular flexibility index (Phi) is 5.52. The van der Waals surface area contributed by atoms with Gasteiger partial charge in [0.2, 0.25) is 0 Å². The van der Waals surface area contributed by atoms with E-state index in [0.29, 0.717) is 29.0 Å². The van der Waals surface area contributed by atoms with E-state index in [1.807, 2.05) is 0 Å². The number of carbonyl (C=O) groups excluding carboxylic acids is 3. The molecule has 0 radical (unpaired) electrons. The summed E-state index contributed by atoms with van der Waals surface area (Å²) in [4.78, 5) is 37.2. The molecule has 2 amide bonds. The molecule has 7 heteroatoms. The lowest BCUT2D eigenvalue weighted by Crippen LogP contribution is -2.39. The van der Waals surface area contributed by atoms with Crippen molar-refractivity contribution in [2.75, 3.05) is 19.8 Å². The third kappa shape index (κ3) is 3.98. The van der Waals surface area contributed by atoms with Crippen LogP contribution in [0.15, 0.2) is 48.5 Å². The maximum atomic E-state index is 12.3. The standard InChI is InChI=1S/C20H19NO6/c1-2-26-20(25)13-7-9-15(10-8-13)27-12-14(22)11-21-18(23)16-5-3-4-6-17(16)19(21)24/h3-10,14,22H,2,11-12H2,1H3/t14-/m0/s1. The molecule has 1 aliphatic rings. The van der Waals surface area contributed by atoms with E-state index < -0.39 is 23.9 Å². The summed E-state index contributed by atoms with van der Waals surface area (Å²) in [6, 6.07) is 12.8. The highest BCUT2D eigenvalue weighted by Gasteiger charge is 2.36. The Morgan fingerprint density at radius 3 is 2.19 bits per heavy atom. The van der Waals surface area contributed by atoms with Crippen molar-refractivity contribution in [1.29, 1.82) is 0 Å². The highest BCUT2D eigenvalue weighted by atomic mass is 16.5. The zero-order chi connectivity index (χ0) is 19.4. The maximum Gasteiger partial charge on any atom is 0.338 e. The lowest BCUT2D eigenvalue weighted by atomic mass is 10.1. The predicted octanol–water partition coefficient (Wildman–Crippen LogP) is 1.90. The van der Waals surface area contributed by atoms with Crippen LogP contribution in [0.3, 0.4) is 0 Å². The molecular formula is C20H19NO6. The van der Waals surface area contributed by atoms with Gasteiger partial charge in [0.15, 0.2) is 0 Å². The SMILES string of the molecule is CCOC(=O)c1ccc(OC[C@@H](O)CN2C(=O)c3ccccc3C2=O)cc1. The van der Waals surface area contributed by atoms with Crippen molar-refractivity contribution >= 4 is 17.8 Å². The molecule has 2 aromatic carbocycles. The van der Waals surface area contributed by atoms with Crippen molar-refractivity contribution in [2.24, 2.45) is 0 Å². The van der Waals surface area contributed by atoms with Gasteiger partial charge < -0.3 is 14.6 Å². The highest BCUT2D eigenvalue weighted by Crippen LogP contribution is 2.22. The number of benzene rings is 2. The van der Waals surface area contributed by atoms with Crippen molar-refractivity contribution in [3.8, 4) is 5.75 Å². The molecule has 0 aromatic heterocycles. The molecule has 0 bridgehead atoms. The number of rotatable bonds is 7. The fourth-order valence-electron chi connectivity index (χ4n) is 2.76. The van der Waals surface area contributed by atoms with Gasteiger partial charge in [0, 0.05) is 0 Å². The van der Waals surface area contributed by atoms with Gasteiger partial charge in [-0.3, -0.25) is 14.5 Å². The van der Waals surface area contributed by atoms with Gasteiger partial charge in [-0.25, -0.2) is 4.79 Å². The van der Waals surface area contributed by atoms with Gasteiger partial charge in [-0.15, -0.1) is 0 Å². The van der Waals surface area contributed by atoms with Crippen molar-refractivity contribution in [3.05, 3.63) is 65.2 Å². The second-order valence-electron chi connectivity index (χ2n) is 5.98. The van der Waals surface area contributed by atoms with Crippen LogP contribution < -0.4 is 4.74 Å². The van der Waals surface area contributed by atoms with Crippen LogP contribution in [0.5, 0.6) is 5.75 Å². The number of fused-ring (bicyclic) bond motifs is 1. The van der Waals surface area contributed by atoms with E-state index in [1.165, 1.54) is 0 Å². The first-order chi connectivity index (χ1) is 13.0. The van der Waals surface area contributed by atoms with Crippen LogP contribution >= 0.6 is 0 Å². The Bertz CT molecular complexity index is 826. The molecule has 140 valence electrons. The molecule has 0 saturated heterocycles. The van der Waals surface area contributed by atoms with E-state index in [9.17, 15) is 19.5 Å². The molecule has 27 heavy (non-hydrogen) atoms. The van der Waals surface area contributed by atoms with Crippen molar-refractivity contribution in [3.63, 3.8) is 0 Å². The summed E-state index contributed by atoms with van der Waals surface area (Å²) in [6.07, 6.45) is -1.04. The number of carbonyl (C=O) groups is 3. The first kappa shape index (κ1) is 18.6. The molecular weight excluding hydrogens is 350 g/mol. The normalized spacial score (nSPS) is 14.1. The maximum absolute atomic E-state index is 12.3. The summed E-state index contributed by atoms with van der Waals surface area (Å²) >= 11 is 0. The topological polar surface area (TPSA) is 93.1 Å². The van der Waals surface area contributed by atoms with E-state index in [2.05, 4.69) is 0 Å². The van der Waals surface area contributed by atoms with E-state index in [4.69, 9.17) is 9.47 Å². The Balaban J connectivity index is 1.55. The van der Waals surface area contributed by atoms with E-state index in [0.717, 1.165) is 4.90 Å². The monoisotopic (exact) mass is 369 g/mol. The Morgan fingerprint density at radius 2 is 1.63 bits per heavy atom. The van der Waals surface area contributed by atoms with Crippen LogP contribution in [0, 0.1) is 0 Å². The Morgan fingerprint density at radius 1 is 1.04 bits per heavy atom. The minimum absolute atomic E-state index is 0.105. The molecule has 1 N–H and O–H groups in total. The predicted molar refractivity (Wildman–Crippen MR) is 95.7 cm³/mol. The molecule has 0 saturated carbocycles. The minimum Gasteiger partial charge on any atom is -0.491 e. The van der Waals surface area contributed by atoms with Gasteiger partial charge in [-0.1, -0.05) is 12.1 Å². The van der Waals surface area contributed by atoms with E-state index in [-0.39, 0.29) is 13.2 Å². The van der Waals surface area contributed by atoms with Gasteiger partial charge >= 0.3 is 5.97 Å². The summed E-state index contributed by atoms with van der Waals surface area (Å²) in [5.41, 5.74) is 1.08. The van der Waals surface area contributed by atoms with Crippen LogP contribution in [-0.2, 0) is 4.74 Å². The summed E-state index contributed by atoms with van der Waals surface area (Å²) in [6.45, 7) is 1.76. The summed E-state index contributed by atoms with van der Waals surface area (Å²) < 4.78 is 10.4. The molecule has 0 spiro atoms. The quantitative estimate of drug-likeness (QED) is 0.592. The van der Waals surface area contributed by atoms with Gasteiger partial charge in [0.25, 0.3) is 11.8 Å². The molecule has 0 fully saturated rings. The van der Waals surface area contributed by atoms with Crippen LogP contribution in [0.2, 0.25) is 0 Å². The van der Waals surface area contributed by atoms with E-state index >= 15 is 0 Å². The summed E-state index contributed by atoms with van der Waals surface area (Å²) in [7, 11) is 0. The second-order valence-corrected chi connectivity index (χ2v) is 5.98. The zero-order valence-corrected chi connectivity index (χ0v) is 14.8. The number of ether oxygens (including phenoxy) is 2. The number of aliphatic hydroxyl groups excluding tert-OH is 1. The number of aliphatic hydroxyl groups is 1. The third-order valence-corrected chi connectivity index (χ3v) is 4.08. The number of imide groups is 1. The van der Waals surface area contributed by atoms with Crippen molar-refractivity contribution in [1.82, 2.24) is 4.90 Å². The molecule has 0 aliphatic carbocycles. The van der Waals surface area contributed by atoms with Crippen LogP contribution in [0.25, 0.3) is 0 Å². The molecule has 0 unspecified atom stereocenters. The van der Waals surface area contributed by atoms with Crippen LogP contribution in [0.4, 0.5) is 0 Å². The Hall–Kier alpha value is -3.19. The number of esters is 1. The lowest BCUT2D eigenvalue weighted by molar-refractivity contribution is 0.0456. The van der Waals surface area contributed by atoms with E-state index in [1.54, 1.807) is 55.5 Å². The van der Waals surface area contributed by atoms with Crippen LogP contribution in [-0.4, -0.2) is 53.7 Å². The van der Waals surface area contributed by atoms with Gasteiger partial charge in [0.1, 0.15) is 18.5 Å². The molecule has 1 heterocycles. The fraction of sp³-hybridized carbons (Fsp3) is 0.250. The number of amides is 2. The first-order valence-corrected chi connectivity index (χ1v) is 8.54. The Labute approximate surface area is 156 Å². The molecule has 1 atom stereocenters. The third-order valence-electron chi connectivity index (χ3n) is 4.08. The number of hydrogen-bond donors (Lipinski definition) is 1. The average Bonchev–Trinajstić information content (AvgIpc) is 2.92. The van der Waals surface area contributed by atoms with Crippen molar-refractivity contribution in [2.45, 2.75) is 13.0 Å². The highest BCUT2D eigenvalue weighted by molar-refractivity contribution is 6.21. The smallest absolute Gasteiger partial charge is 0.338 e. The average molecular weight is 369 g/mol. The lowest BCUT2D eigenvalue weighted by Gasteiger charge is -2.19. The van der Waals surface area contributed by atoms with Gasteiger partial charge in [-0.05, 0) is 43.3 Å². The van der Waals surface area contributed by atoms with Crippen LogP contribution in [0.1, 0.15) is 38.0 Å². The van der Waals surface area contributed by atoms with Gasteiger partial charge in [-0.2, -0.15) is 0 Å². The number of hydrogen-bond acceptors (Lipinski definition) is 6. The van der Waals surface area contributed by atoms with Crippen molar-refractivity contribution < 1.29 is 29.0 Å². The molecule has 2 aromatic rings.